The van der Waals surface area contributed by atoms with E-state index in [1.54, 1.807) is 0 Å². The van der Waals surface area contributed by atoms with Crippen molar-refractivity contribution in [1.29, 1.82) is 0 Å². The Bertz CT molecular complexity index is 514. The smallest absolute Gasteiger partial charge is 0.445 e. The summed E-state index contributed by atoms with van der Waals surface area (Å²) in [5.41, 5.74) is -0.852. The summed E-state index contributed by atoms with van der Waals surface area (Å²) in [7, 11) is 0. The van der Waals surface area contributed by atoms with Crippen molar-refractivity contribution in [2.24, 2.45) is 0 Å². The number of fused-ring (bicyclic) bond motifs is 1. The van der Waals surface area contributed by atoms with E-state index in [9.17, 15) is 17.3 Å². The number of hydrogen-bond donors (Lipinski definition) is 0. The minimum absolute atomic E-state index is 0. The average molecular weight is 253 g/mol. The Balaban J connectivity index is 0.00000128. The first-order valence-corrected chi connectivity index (χ1v) is 4.22. The monoisotopic (exact) mass is 253 g/mol. The van der Waals surface area contributed by atoms with E-state index >= 15 is 0 Å². The van der Waals surface area contributed by atoms with Crippen molar-refractivity contribution in [2.45, 2.75) is 0 Å². The van der Waals surface area contributed by atoms with Crippen LogP contribution in [0, 0.1) is 5.82 Å². The fourth-order valence-electron chi connectivity index (χ4n) is 1.32. The molecule has 0 N–H and O–H groups in total. The molecular weight excluding hydrogens is 248 g/mol. The first-order valence-electron chi connectivity index (χ1n) is 4.22. The maximum atomic E-state index is 13.1. The molecular formula is C9H5BF4KN. The van der Waals surface area contributed by atoms with E-state index in [1.807, 2.05) is 0 Å². The molecule has 0 saturated heterocycles. The van der Waals surface area contributed by atoms with E-state index < -0.39 is 18.3 Å². The molecule has 1 aromatic carbocycles. The second kappa shape index (κ2) is 5.14. The molecule has 1 nitrogen and oxygen atoms in total. The summed E-state index contributed by atoms with van der Waals surface area (Å²) in [5, 5.41) is 0.159. The molecule has 2 rings (SSSR count). The number of nitrogens with zero attached hydrogens (tertiary/aromatic N) is 1. The quantitative estimate of drug-likeness (QED) is 0.490. The first kappa shape index (κ1) is 14.1. The van der Waals surface area contributed by atoms with Gasteiger partial charge in [0.05, 0.1) is 0 Å². The van der Waals surface area contributed by atoms with E-state index in [2.05, 4.69) is 4.98 Å². The molecule has 0 radical (unpaired) electrons. The molecule has 0 saturated carbocycles. The second-order valence-corrected chi connectivity index (χ2v) is 3.15. The number of benzene rings is 1. The molecule has 16 heavy (non-hydrogen) atoms. The van der Waals surface area contributed by atoms with Crippen LogP contribution in [0.4, 0.5) is 17.3 Å². The third kappa shape index (κ3) is 2.84. The van der Waals surface area contributed by atoms with Crippen LogP contribution in [0.1, 0.15) is 0 Å². The number of para-hydroxylation sites is 1. The molecule has 0 bridgehead atoms. The zero-order valence-corrected chi connectivity index (χ0v) is 11.5. The van der Waals surface area contributed by atoms with Gasteiger partial charge in [0.15, 0.2) is 0 Å². The molecule has 0 amide bonds. The van der Waals surface area contributed by atoms with Crippen LogP contribution in [-0.4, -0.2) is 12.0 Å². The molecule has 7 heteroatoms. The molecule has 0 spiro atoms. The van der Waals surface area contributed by atoms with Crippen LogP contribution in [0.5, 0.6) is 0 Å². The minimum Gasteiger partial charge on any atom is -0.445 e. The van der Waals surface area contributed by atoms with Gasteiger partial charge in [0.25, 0.3) is 0 Å². The van der Waals surface area contributed by atoms with Crippen molar-refractivity contribution in [3.8, 4) is 0 Å². The molecule has 0 aliphatic carbocycles. The molecule has 0 atom stereocenters. The Labute approximate surface area is 132 Å². The van der Waals surface area contributed by atoms with Gasteiger partial charge in [0.1, 0.15) is 11.3 Å². The van der Waals surface area contributed by atoms with Crippen molar-refractivity contribution in [1.82, 2.24) is 4.98 Å². The SMILES string of the molecule is Fc1cccc2cc([B-](F)(F)F)cnc12.[K+]. The van der Waals surface area contributed by atoms with Crippen LogP contribution in [-0.2, 0) is 0 Å². The summed E-state index contributed by atoms with van der Waals surface area (Å²) in [6.07, 6.45) is 0.658. The third-order valence-electron chi connectivity index (χ3n) is 2.06. The van der Waals surface area contributed by atoms with Crippen molar-refractivity contribution in [3.05, 3.63) is 36.3 Å². The topological polar surface area (TPSA) is 12.9 Å². The standard InChI is InChI=1S/C9H5BF4N.K/c11-8-3-1-2-6-4-7(10(12,13)14)5-15-9(6)8;/h1-5H;/q-1;+1. The first-order chi connectivity index (χ1) is 6.98. The van der Waals surface area contributed by atoms with Gasteiger partial charge < -0.3 is 12.9 Å². The Hall–Kier alpha value is 0.0513. The van der Waals surface area contributed by atoms with Crippen LogP contribution < -0.4 is 56.8 Å². The maximum absolute atomic E-state index is 13.1. The predicted octanol–water partition coefficient (Wildman–Crippen LogP) is -0.568. The molecule has 0 aliphatic rings. The molecule has 2 aromatic rings. The van der Waals surface area contributed by atoms with Crippen LogP contribution in [0.25, 0.3) is 10.9 Å². The Morgan fingerprint density at radius 3 is 2.44 bits per heavy atom. The van der Waals surface area contributed by atoms with E-state index in [0.717, 1.165) is 12.1 Å². The zero-order chi connectivity index (χ0) is 11.1. The van der Waals surface area contributed by atoms with E-state index in [1.165, 1.54) is 12.1 Å². The van der Waals surface area contributed by atoms with Crippen molar-refractivity contribution >= 4 is 23.3 Å². The van der Waals surface area contributed by atoms with E-state index in [0.29, 0.717) is 6.20 Å². The molecule has 0 fully saturated rings. The summed E-state index contributed by atoms with van der Waals surface area (Å²) in [6, 6.07) is 4.82. The van der Waals surface area contributed by atoms with Crippen LogP contribution in [0.15, 0.2) is 30.5 Å². The largest absolute Gasteiger partial charge is 1.00 e. The van der Waals surface area contributed by atoms with Gasteiger partial charge in [-0.15, -0.1) is 0 Å². The fraction of sp³-hybridized carbons (Fsp3) is 0. The Morgan fingerprint density at radius 1 is 1.12 bits per heavy atom. The number of pyridine rings is 1. The molecule has 0 unspecified atom stereocenters. The van der Waals surface area contributed by atoms with Gasteiger partial charge in [0, 0.05) is 11.6 Å². The van der Waals surface area contributed by atoms with Crippen LogP contribution >= 0.6 is 0 Å². The number of aromatic nitrogens is 1. The minimum atomic E-state index is -5.08. The van der Waals surface area contributed by atoms with Gasteiger partial charge in [-0.1, -0.05) is 23.7 Å². The third-order valence-corrected chi connectivity index (χ3v) is 2.06. The fourth-order valence-corrected chi connectivity index (χ4v) is 1.32. The van der Waals surface area contributed by atoms with Gasteiger partial charge >= 0.3 is 58.4 Å². The van der Waals surface area contributed by atoms with Crippen LogP contribution in [0.3, 0.4) is 0 Å². The maximum Gasteiger partial charge on any atom is 1.00 e. The second-order valence-electron chi connectivity index (χ2n) is 3.15. The Kier molecular flexibility index (Phi) is 4.53. The van der Waals surface area contributed by atoms with Crippen molar-refractivity contribution in [2.75, 3.05) is 0 Å². The molecule has 78 valence electrons. The molecule has 0 aliphatic heterocycles. The average Bonchev–Trinajstić information content (AvgIpc) is 2.16. The summed E-state index contributed by atoms with van der Waals surface area (Å²) in [4.78, 5) is 3.47. The summed E-state index contributed by atoms with van der Waals surface area (Å²) < 4.78 is 50.1. The number of rotatable bonds is 1. The van der Waals surface area contributed by atoms with Gasteiger partial charge in [-0.05, 0) is 6.07 Å². The normalized spacial score (nSPS) is 11.2. The van der Waals surface area contributed by atoms with E-state index in [-0.39, 0.29) is 62.3 Å². The summed E-state index contributed by atoms with van der Waals surface area (Å²) in [5.74, 6) is -0.617. The molecule has 1 aromatic heterocycles. The predicted molar refractivity (Wildman–Crippen MR) is 50.4 cm³/mol. The van der Waals surface area contributed by atoms with Gasteiger partial charge in [-0.25, -0.2) is 4.39 Å². The van der Waals surface area contributed by atoms with Gasteiger partial charge in [0.2, 0.25) is 0 Å². The van der Waals surface area contributed by atoms with Crippen LogP contribution in [0.2, 0.25) is 0 Å². The summed E-state index contributed by atoms with van der Waals surface area (Å²) in [6.45, 7) is -5.08. The summed E-state index contributed by atoms with van der Waals surface area (Å²) >= 11 is 0. The number of hydrogen-bond acceptors (Lipinski definition) is 1. The van der Waals surface area contributed by atoms with Crippen molar-refractivity contribution in [3.63, 3.8) is 0 Å². The van der Waals surface area contributed by atoms with Gasteiger partial charge in [-0.3, -0.25) is 4.98 Å². The van der Waals surface area contributed by atoms with E-state index in [4.69, 9.17) is 0 Å². The zero-order valence-electron chi connectivity index (χ0n) is 8.42. The van der Waals surface area contributed by atoms with Gasteiger partial charge in [-0.2, -0.15) is 0 Å². The molecule has 1 heterocycles. The van der Waals surface area contributed by atoms with Crippen molar-refractivity contribution < 1.29 is 68.7 Å². The Morgan fingerprint density at radius 2 is 1.81 bits per heavy atom. The number of halogens is 4.